The van der Waals surface area contributed by atoms with Crippen molar-refractivity contribution in [1.82, 2.24) is 19.9 Å². The van der Waals surface area contributed by atoms with Crippen LogP contribution in [0.3, 0.4) is 0 Å². The van der Waals surface area contributed by atoms with Gasteiger partial charge in [-0.1, -0.05) is 17.3 Å². The van der Waals surface area contributed by atoms with E-state index in [2.05, 4.69) is 31.0 Å². The molecule has 1 aliphatic heterocycles. The van der Waals surface area contributed by atoms with Crippen molar-refractivity contribution in [1.29, 1.82) is 0 Å². The van der Waals surface area contributed by atoms with E-state index < -0.39 is 0 Å². The lowest BCUT2D eigenvalue weighted by atomic mass is 10.2. The van der Waals surface area contributed by atoms with Gasteiger partial charge in [0.15, 0.2) is 0 Å². The topological polar surface area (TPSA) is 62.5 Å². The van der Waals surface area contributed by atoms with Gasteiger partial charge in [-0.15, -0.1) is 0 Å². The molecule has 3 heterocycles. The van der Waals surface area contributed by atoms with Crippen molar-refractivity contribution in [2.24, 2.45) is 0 Å². The molecular formula is C18H17BrN4O2S. The zero-order valence-electron chi connectivity index (χ0n) is 14.0. The Kier molecular flexibility index (Phi) is 5.14. The molecule has 4 rings (SSSR count). The van der Waals surface area contributed by atoms with Crippen LogP contribution in [0.2, 0.25) is 0 Å². The number of piperazine rings is 1. The average Bonchev–Trinajstić information content (AvgIpc) is 3.34. The van der Waals surface area contributed by atoms with E-state index in [1.807, 2.05) is 46.0 Å². The third-order valence-electron chi connectivity index (χ3n) is 4.37. The second-order valence-electron chi connectivity index (χ2n) is 6.07. The highest BCUT2D eigenvalue weighted by molar-refractivity contribution is 9.10. The van der Waals surface area contributed by atoms with E-state index in [-0.39, 0.29) is 5.91 Å². The van der Waals surface area contributed by atoms with Crippen molar-refractivity contribution in [2.75, 3.05) is 26.2 Å². The first-order valence-electron chi connectivity index (χ1n) is 8.32. The molecule has 1 fully saturated rings. The molecule has 1 aromatic carbocycles. The number of benzene rings is 1. The molecule has 0 radical (unpaired) electrons. The Morgan fingerprint density at radius 3 is 2.73 bits per heavy atom. The summed E-state index contributed by atoms with van der Waals surface area (Å²) >= 11 is 5.06. The molecule has 0 N–H and O–H groups in total. The molecule has 1 aliphatic rings. The first-order valence-corrected chi connectivity index (χ1v) is 10.1. The molecule has 2 aromatic heterocycles. The largest absolute Gasteiger partial charge is 0.338 e. The van der Waals surface area contributed by atoms with Crippen LogP contribution in [-0.2, 0) is 6.54 Å². The normalized spacial score (nSPS) is 15.3. The van der Waals surface area contributed by atoms with Gasteiger partial charge in [0.25, 0.3) is 5.91 Å². The predicted octanol–water partition coefficient (Wildman–Crippen LogP) is 3.52. The van der Waals surface area contributed by atoms with Crippen molar-refractivity contribution >= 4 is 33.2 Å². The molecule has 134 valence electrons. The fraction of sp³-hybridized carbons (Fsp3) is 0.278. The monoisotopic (exact) mass is 432 g/mol. The van der Waals surface area contributed by atoms with Gasteiger partial charge in [-0.2, -0.15) is 16.3 Å². The van der Waals surface area contributed by atoms with Crippen LogP contribution in [0.1, 0.15) is 16.2 Å². The first-order chi connectivity index (χ1) is 12.7. The Bertz CT molecular complexity index is 888. The average molecular weight is 433 g/mol. The minimum atomic E-state index is 0.0645. The van der Waals surface area contributed by atoms with Gasteiger partial charge in [-0.05, 0) is 39.5 Å². The summed E-state index contributed by atoms with van der Waals surface area (Å²) in [7, 11) is 0. The van der Waals surface area contributed by atoms with Gasteiger partial charge in [-0.25, -0.2) is 0 Å². The van der Waals surface area contributed by atoms with Gasteiger partial charge in [0, 0.05) is 41.6 Å². The van der Waals surface area contributed by atoms with Gasteiger partial charge in [0.05, 0.1) is 12.1 Å². The molecule has 0 aliphatic carbocycles. The van der Waals surface area contributed by atoms with Gasteiger partial charge in [-0.3, -0.25) is 9.69 Å². The van der Waals surface area contributed by atoms with Crippen LogP contribution < -0.4 is 0 Å². The van der Waals surface area contributed by atoms with E-state index in [9.17, 15) is 4.79 Å². The van der Waals surface area contributed by atoms with Crippen molar-refractivity contribution in [3.63, 3.8) is 0 Å². The Morgan fingerprint density at radius 1 is 1.19 bits per heavy atom. The Labute approximate surface area is 163 Å². The third kappa shape index (κ3) is 3.72. The zero-order valence-corrected chi connectivity index (χ0v) is 16.4. The quantitative estimate of drug-likeness (QED) is 0.630. The van der Waals surface area contributed by atoms with E-state index in [0.29, 0.717) is 36.9 Å². The molecule has 26 heavy (non-hydrogen) atoms. The number of amides is 1. The second-order valence-corrected chi connectivity index (χ2v) is 7.71. The summed E-state index contributed by atoms with van der Waals surface area (Å²) in [4.78, 5) is 21.2. The van der Waals surface area contributed by atoms with E-state index >= 15 is 0 Å². The van der Waals surface area contributed by atoms with E-state index in [1.54, 1.807) is 11.3 Å². The molecule has 0 atom stereocenters. The SMILES string of the molecule is O=C(c1ccccc1Br)N1CCN(Cc2nc(-c3ccsc3)no2)CC1. The number of carbonyl (C=O) groups excluding carboxylic acids is 1. The van der Waals surface area contributed by atoms with Gasteiger partial charge in [0.2, 0.25) is 11.7 Å². The smallest absolute Gasteiger partial charge is 0.255 e. The number of rotatable bonds is 4. The summed E-state index contributed by atoms with van der Waals surface area (Å²) in [6, 6.07) is 9.52. The Morgan fingerprint density at radius 2 is 2.00 bits per heavy atom. The number of aromatic nitrogens is 2. The minimum Gasteiger partial charge on any atom is -0.338 e. The number of halogens is 1. The van der Waals surface area contributed by atoms with Crippen LogP contribution in [0.15, 0.2) is 50.1 Å². The first kappa shape index (κ1) is 17.4. The maximum Gasteiger partial charge on any atom is 0.255 e. The molecule has 0 bridgehead atoms. The molecule has 6 nitrogen and oxygen atoms in total. The summed E-state index contributed by atoms with van der Waals surface area (Å²) in [6.45, 7) is 3.55. The van der Waals surface area contributed by atoms with Crippen LogP contribution in [0.4, 0.5) is 0 Å². The summed E-state index contributed by atoms with van der Waals surface area (Å²) in [5, 5.41) is 8.03. The summed E-state index contributed by atoms with van der Waals surface area (Å²) in [5.41, 5.74) is 1.69. The van der Waals surface area contributed by atoms with Crippen LogP contribution in [0, 0.1) is 0 Å². The highest BCUT2D eigenvalue weighted by Crippen LogP contribution is 2.21. The maximum absolute atomic E-state index is 12.7. The molecule has 1 amide bonds. The van der Waals surface area contributed by atoms with Gasteiger partial charge in [0.1, 0.15) is 0 Å². The fourth-order valence-corrected chi connectivity index (χ4v) is 4.02. The lowest BCUT2D eigenvalue weighted by molar-refractivity contribution is 0.0614. The predicted molar refractivity (Wildman–Crippen MR) is 103 cm³/mol. The molecule has 1 saturated heterocycles. The lowest BCUT2D eigenvalue weighted by Crippen LogP contribution is -2.48. The highest BCUT2D eigenvalue weighted by Gasteiger charge is 2.24. The second kappa shape index (κ2) is 7.69. The Balaban J connectivity index is 1.34. The van der Waals surface area contributed by atoms with Crippen LogP contribution in [0.25, 0.3) is 11.4 Å². The minimum absolute atomic E-state index is 0.0645. The van der Waals surface area contributed by atoms with Crippen molar-refractivity contribution in [3.8, 4) is 11.4 Å². The zero-order chi connectivity index (χ0) is 17.9. The fourth-order valence-electron chi connectivity index (χ4n) is 2.93. The molecule has 0 spiro atoms. The molecular weight excluding hydrogens is 416 g/mol. The lowest BCUT2D eigenvalue weighted by Gasteiger charge is -2.34. The summed E-state index contributed by atoms with van der Waals surface area (Å²) in [6.07, 6.45) is 0. The van der Waals surface area contributed by atoms with E-state index in [1.165, 1.54) is 0 Å². The third-order valence-corrected chi connectivity index (χ3v) is 5.74. The number of carbonyl (C=O) groups is 1. The molecule has 0 unspecified atom stereocenters. The number of hydrogen-bond acceptors (Lipinski definition) is 6. The van der Waals surface area contributed by atoms with Crippen LogP contribution >= 0.6 is 27.3 Å². The van der Waals surface area contributed by atoms with Gasteiger partial charge < -0.3 is 9.42 Å². The summed E-state index contributed by atoms with van der Waals surface area (Å²) in [5.74, 6) is 1.30. The van der Waals surface area contributed by atoms with Crippen molar-refractivity contribution < 1.29 is 9.32 Å². The number of thiophene rings is 1. The molecule has 0 saturated carbocycles. The highest BCUT2D eigenvalue weighted by atomic mass is 79.9. The van der Waals surface area contributed by atoms with Gasteiger partial charge >= 0.3 is 0 Å². The number of hydrogen-bond donors (Lipinski definition) is 0. The van der Waals surface area contributed by atoms with Crippen LogP contribution in [-0.4, -0.2) is 52.0 Å². The van der Waals surface area contributed by atoms with E-state index in [0.717, 1.165) is 23.1 Å². The Hall–Kier alpha value is -2.03. The molecule has 3 aromatic rings. The summed E-state index contributed by atoms with van der Waals surface area (Å²) < 4.78 is 6.20. The standard InChI is InChI=1S/C18H17BrN4O2S/c19-15-4-2-1-3-14(15)18(24)23-8-6-22(7-9-23)11-16-20-17(21-25-16)13-5-10-26-12-13/h1-5,10,12H,6-9,11H2. The molecule has 8 heteroatoms. The van der Waals surface area contributed by atoms with Crippen molar-refractivity contribution in [2.45, 2.75) is 6.54 Å². The van der Waals surface area contributed by atoms with Crippen molar-refractivity contribution in [3.05, 3.63) is 57.0 Å². The number of nitrogens with zero attached hydrogens (tertiary/aromatic N) is 4. The van der Waals surface area contributed by atoms with Crippen LogP contribution in [0.5, 0.6) is 0 Å². The maximum atomic E-state index is 12.7. The van der Waals surface area contributed by atoms with E-state index in [4.69, 9.17) is 4.52 Å².